The second kappa shape index (κ2) is 6.59. The number of nitrogens with one attached hydrogen (secondary N) is 1. The Labute approximate surface area is 183 Å². The van der Waals surface area contributed by atoms with E-state index in [1.54, 1.807) is 4.40 Å². The number of anilines is 1. The van der Waals surface area contributed by atoms with Crippen molar-refractivity contribution in [1.82, 2.24) is 14.6 Å². The Bertz CT molecular complexity index is 1110. The minimum Gasteiger partial charge on any atom is -0.493 e. The van der Waals surface area contributed by atoms with E-state index in [1.165, 1.54) is 37.7 Å². The van der Waals surface area contributed by atoms with Gasteiger partial charge in [0.15, 0.2) is 5.65 Å². The van der Waals surface area contributed by atoms with Crippen molar-refractivity contribution in [2.75, 3.05) is 11.3 Å². The molecule has 6 fully saturated rings. The van der Waals surface area contributed by atoms with E-state index in [1.807, 2.05) is 12.3 Å². The molecule has 2 aromatic rings. The van der Waals surface area contributed by atoms with Crippen molar-refractivity contribution in [3.8, 4) is 5.75 Å². The molecule has 4 bridgehead atoms. The summed E-state index contributed by atoms with van der Waals surface area (Å²) in [7, 11) is -3.37. The van der Waals surface area contributed by atoms with Crippen molar-refractivity contribution < 1.29 is 13.2 Å². The summed E-state index contributed by atoms with van der Waals surface area (Å²) in [6.45, 7) is 0.806. The molecule has 2 aromatic heterocycles. The summed E-state index contributed by atoms with van der Waals surface area (Å²) in [6.07, 6.45) is 12.9. The van der Waals surface area contributed by atoms with Crippen molar-refractivity contribution in [1.29, 1.82) is 0 Å². The van der Waals surface area contributed by atoms with E-state index in [-0.39, 0.29) is 11.2 Å². The van der Waals surface area contributed by atoms with Crippen LogP contribution in [0, 0.1) is 29.6 Å². The van der Waals surface area contributed by atoms with Crippen LogP contribution in [-0.4, -0.2) is 34.9 Å². The molecule has 7 nitrogen and oxygen atoms in total. The number of ether oxygens (including phenoxy) is 1. The molecule has 8 heteroatoms. The lowest BCUT2D eigenvalue weighted by Gasteiger charge is -2.54. The van der Waals surface area contributed by atoms with Crippen molar-refractivity contribution in [3.63, 3.8) is 0 Å². The van der Waals surface area contributed by atoms with Crippen molar-refractivity contribution in [3.05, 3.63) is 17.8 Å². The molecule has 6 saturated carbocycles. The minimum atomic E-state index is -3.37. The van der Waals surface area contributed by atoms with E-state index in [0.29, 0.717) is 17.5 Å². The maximum atomic E-state index is 12.4. The van der Waals surface area contributed by atoms with Gasteiger partial charge < -0.3 is 4.74 Å². The molecular formula is C23H30N4O3S. The van der Waals surface area contributed by atoms with Gasteiger partial charge in [0.2, 0.25) is 16.0 Å². The van der Waals surface area contributed by atoms with Crippen LogP contribution >= 0.6 is 0 Å². The average Bonchev–Trinajstić information content (AvgIpc) is 3.64. The summed E-state index contributed by atoms with van der Waals surface area (Å²) >= 11 is 0. The average molecular weight is 443 g/mol. The van der Waals surface area contributed by atoms with E-state index in [0.717, 1.165) is 61.7 Å². The number of aromatic nitrogens is 3. The summed E-state index contributed by atoms with van der Waals surface area (Å²) in [5.41, 5.74) is 1.81. The first-order valence-corrected chi connectivity index (χ1v) is 13.6. The molecule has 0 unspecified atom stereocenters. The standard InChI is InChI=1S/C23H30N4O3S/c28-31(29,18-3-4-18)26-23-25-24-22-10-21(19(11-27(22)23)15-1-2-15)30-12-20-16-6-13-5-14(8-16)9-17(20)7-13/h10-11,13-18,20H,1-9,12H2,(H,25,26). The van der Waals surface area contributed by atoms with Crippen LogP contribution in [0.1, 0.15) is 69.3 Å². The van der Waals surface area contributed by atoms with Gasteiger partial charge in [-0.1, -0.05) is 0 Å². The predicted octanol–water partition coefficient (Wildman–Crippen LogP) is 3.96. The monoisotopic (exact) mass is 442 g/mol. The van der Waals surface area contributed by atoms with Crippen LogP contribution in [0.4, 0.5) is 5.95 Å². The molecule has 0 aromatic carbocycles. The lowest BCUT2D eigenvalue weighted by atomic mass is 9.52. The van der Waals surface area contributed by atoms with E-state index < -0.39 is 10.0 Å². The Morgan fingerprint density at radius 1 is 1.00 bits per heavy atom. The molecule has 166 valence electrons. The Balaban J connectivity index is 1.15. The van der Waals surface area contributed by atoms with Crippen molar-refractivity contribution in [2.45, 2.75) is 69.0 Å². The van der Waals surface area contributed by atoms with Crippen LogP contribution in [0.2, 0.25) is 0 Å². The number of rotatable bonds is 7. The SMILES string of the molecule is O=S(=O)(Nc1nnc2cc(OCC3C4CC5CC(C4)CC3C5)c(C3CC3)cn12)C1CC1. The van der Waals surface area contributed by atoms with Crippen LogP contribution in [0.25, 0.3) is 5.65 Å². The number of hydrogen-bond donors (Lipinski definition) is 1. The van der Waals surface area contributed by atoms with E-state index in [9.17, 15) is 8.42 Å². The van der Waals surface area contributed by atoms with Crippen LogP contribution in [0.3, 0.4) is 0 Å². The number of fused-ring (bicyclic) bond motifs is 1. The Hall–Kier alpha value is -1.83. The zero-order chi connectivity index (χ0) is 20.7. The Morgan fingerprint density at radius 2 is 1.71 bits per heavy atom. The van der Waals surface area contributed by atoms with Gasteiger partial charge in [0, 0.05) is 17.8 Å². The van der Waals surface area contributed by atoms with E-state index >= 15 is 0 Å². The summed E-state index contributed by atoms with van der Waals surface area (Å²) in [6, 6.07) is 1.96. The number of pyridine rings is 1. The van der Waals surface area contributed by atoms with Gasteiger partial charge in [0.1, 0.15) is 5.75 Å². The molecule has 1 N–H and O–H groups in total. The smallest absolute Gasteiger partial charge is 0.242 e. The highest BCUT2D eigenvalue weighted by atomic mass is 32.2. The number of hydrogen-bond acceptors (Lipinski definition) is 5. The third-order valence-corrected chi connectivity index (χ3v) is 10.4. The molecule has 0 aliphatic heterocycles. The van der Waals surface area contributed by atoms with Gasteiger partial charge in [0.05, 0.1) is 11.9 Å². The second-order valence-corrected chi connectivity index (χ2v) is 12.8. The first-order valence-electron chi connectivity index (χ1n) is 12.1. The molecule has 0 saturated heterocycles. The first-order chi connectivity index (χ1) is 15.0. The van der Waals surface area contributed by atoms with Gasteiger partial charge in [-0.3, -0.25) is 9.12 Å². The highest BCUT2D eigenvalue weighted by Gasteiger charge is 2.48. The molecule has 31 heavy (non-hydrogen) atoms. The van der Waals surface area contributed by atoms with Gasteiger partial charge in [-0.15, -0.1) is 10.2 Å². The Kier molecular flexibility index (Phi) is 3.98. The van der Waals surface area contributed by atoms with Crippen LogP contribution in [0.5, 0.6) is 5.75 Å². The lowest BCUT2D eigenvalue weighted by molar-refractivity contribution is -0.0530. The van der Waals surface area contributed by atoms with Gasteiger partial charge >= 0.3 is 0 Å². The Morgan fingerprint density at radius 3 is 2.35 bits per heavy atom. The first kappa shape index (κ1) is 18.7. The van der Waals surface area contributed by atoms with E-state index in [2.05, 4.69) is 14.9 Å². The van der Waals surface area contributed by atoms with Gasteiger partial charge in [-0.25, -0.2) is 8.42 Å². The van der Waals surface area contributed by atoms with Gasteiger partial charge in [-0.2, -0.15) is 0 Å². The number of nitrogens with zero attached hydrogens (tertiary/aromatic N) is 3. The molecule has 0 atom stereocenters. The largest absolute Gasteiger partial charge is 0.493 e. The molecule has 0 amide bonds. The quantitative estimate of drug-likeness (QED) is 0.701. The fourth-order valence-corrected chi connectivity index (χ4v) is 8.23. The molecule has 8 rings (SSSR count). The fourth-order valence-electron chi connectivity index (χ4n) is 6.91. The predicted molar refractivity (Wildman–Crippen MR) is 117 cm³/mol. The van der Waals surface area contributed by atoms with Crippen LogP contribution in [-0.2, 0) is 10.0 Å². The normalized spacial score (nSPS) is 34.4. The highest BCUT2D eigenvalue weighted by Crippen LogP contribution is 2.56. The maximum absolute atomic E-state index is 12.4. The van der Waals surface area contributed by atoms with Crippen LogP contribution in [0.15, 0.2) is 12.3 Å². The molecular weight excluding hydrogens is 412 g/mol. The van der Waals surface area contributed by atoms with E-state index in [4.69, 9.17) is 4.74 Å². The fraction of sp³-hybridized carbons (Fsp3) is 0.739. The zero-order valence-corrected chi connectivity index (χ0v) is 18.6. The summed E-state index contributed by atoms with van der Waals surface area (Å²) in [5.74, 6) is 6.05. The summed E-state index contributed by atoms with van der Waals surface area (Å²) in [4.78, 5) is 0. The molecule has 0 spiro atoms. The third-order valence-electron chi connectivity index (χ3n) is 8.60. The minimum absolute atomic E-state index is 0.286. The lowest BCUT2D eigenvalue weighted by Crippen LogP contribution is -2.47. The molecule has 6 aliphatic carbocycles. The van der Waals surface area contributed by atoms with Crippen molar-refractivity contribution >= 4 is 21.6 Å². The second-order valence-electron chi connectivity index (χ2n) is 10.9. The molecule has 2 heterocycles. The van der Waals surface area contributed by atoms with Crippen molar-refractivity contribution in [2.24, 2.45) is 29.6 Å². The van der Waals surface area contributed by atoms with Crippen LogP contribution < -0.4 is 9.46 Å². The number of sulfonamides is 1. The summed E-state index contributed by atoms with van der Waals surface area (Å²) in [5, 5.41) is 8.08. The van der Waals surface area contributed by atoms with Gasteiger partial charge in [0.25, 0.3) is 0 Å². The highest BCUT2D eigenvalue weighted by molar-refractivity contribution is 7.93. The maximum Gasteiger partial charge on any atom is 0.242 e. The zero-order valence-electron chi connectivity index (χ0n) is 17.7. The molecule has 6 aliphatic rings. The van der Waals surface area contributed by atoms with Gasteiger partial charge in [-0.05, 0) is 93.3 Å². The summed E-state index contributed by atoms with van der Waals surface area (Å²) < 4.78 is 35.7. The topological polar surface area (TPSA) is 85.6 Å². The third kappa shape index (κ3) is 3.24. The molecule has 0 radical (unpaired) electrons.